The molecule has 1 N–H and O–H groups in total. The Bertz CT molecular complexity index is 991. The fourth-order valence-electron chi connectivity index (χ4n) is 3.07. The van der Waals surface area contributed by atoms with Gasteiger partial charge in [0, 0.05) is 12.5 Å². The average molecular weight is 467 g/mol. The maximum atomic E-state index is 12.5. The second-order valence-electron chi connectivity index (χ2n) is 7.69. The van der Waals surface area contributed by atoms with Crippen LogP contribution in [0.5, 0.6) is 11.5 Å². The van der Waals surface area contributed by atoms with Crippen LogP contribution >= 0.6 is 0 Å². The Morgan fingerprint density at radius 1 is 1.06 bits per heavy atom. The number of esters is 2. The molecule has 2 aromatic rings. The molecule has 2 atom stereocenters. The number of carbonyl (C=O) groups is 3. The lowest BCUT2D eigenvalue weighted by atomic mass is 10.0. The van der Waals surface area contributed by atoms with Crippen molar-refractivity contribution >= 4 is 24.3 Å². The molecule has 0 radical (unpaired) electrons. The molecule has 2 unspecified atom stereocenters. The zero-order valence-electron chi connectivity index (χ0n) is 19.4. The lowest BCUT2D eigenvalue weighted by Gasteiger charge is -2.24. The Labute approximate surface area is 199 Å². The monoisotopic (exact) mass is 466 g/mol. The summed E-state index contributed by atoms with van der Waals surface area (Å²) in [6, 6.07) is 13.1. The van der Waals surface area contributed by atoms with Gasteiger partial charge in [0.1, 0.15) is 23.9 Å². The first-order valence-corrected chi connectivity index (χ1v) is 11.0. The normalized spacial score (nSPS) is 12.6. The summed E-state index contributed by atoms with van der Waals surface area (Å²) in [4.78, 5) is 34.5. The van der Waals surface area contributed by atoms with Crippen molar-refractivity contribution in [2.45, 2.75) is 44.8 Å². The lowest BCUT2D eigenvalue weighted by molar-refractivity contribution is -0.134. The van der Waals surface area contributed by atoms with Gasteiger partial charge in [-0.05, 0) is 66.5 Å². The number of methoxy groups -OCH3 is 1. The van der Waals surface area contributed by atoms with Gasteiger partial charge >= 0.3 is 11.9 Å². The van der Waals surface area contributed by atoms with Gasteiger partial charge in [-0.2, -0.15) is 0 Å². The van der Waals surface area contributed by atoms with Crippen LogP contribution in [-0.4, -0.2) is 42.6 Å². The number of hydrogen-bond donors (Lipinski definition) is 1. The van der Waals surface area contributed by atoms with Gasteiger partial charge in [0.25, 0.3) is 0 Å². The molecule has 2 rings (SSSR count). The summed E-state index contributed by atoms with van der Waals surface area (Å²) in [6.45, 7) is 5.66. The van der Waals surface area contributed by atoms with Crippen molar-refractivity contribution in [1.82, 2.24) is 0 Å². The Morgan fingerprint density at radius 3 is 2.29 bits per heavy atom. The van der Waals surface area contributed by atoms with E-state index in [2.05, 4.69) is 11.3 Å². The molecule has 0 saturated carbocycles. The van der Waals surface area contributed by atoms with Crippen molar-refractivity contribution < 1.29 is 33.7 Å². The first-order valence-electron chi connectivity index (χ1n) is 11.0. The van der Waals surface area contributed by atoms with Gasteiger partial charge < -0.3 is 19.3 Å². The molecular formula is C27H30O7. The molecule has 7 nitrogen and oxygen atoms in total. The third kappa shape index (κ3) is 8.67. The highest BCUT2D eigenvalue weighted by molar-refractivity contribution is 5.91. The number of aliphatic hydroxyl groups excluding tert-OH is 1. The molecule has 0 bridgehead atoms. The van der Waals surface area contributed by atoms with Crippen molar-refractivity contribution in [3.8, 4) is 11.5 Å². The van der Waals surface area contributed by atoms with E-state index in [1.807, 2.05) is 6.92 Å². The molecule has 0 heterocycles. The third-order valence-electron chi connectivity index (χ3n) is 4.99. The molecule has 0 aliphatic heterocycles. The van der Waals surface area contributed by atoms with Crippen molar-refractivity contribution in [2.75, 3.05) is 7.11 Å². The highest BCUT2D eigenvalue weighted by atomic mass is 16.5. The zero-order valence-corrected chi connectivity index (χ0v) is 19.4. The van der Waals surface area contributed by atoms with Gasteiger partial charge in [-0.3, -0.25) is 4.79 Å². The SMILES string of the molecule is C=C(C=O)CC(O)C(CCCC)Oc1ccc(C(=O)Oc2ccc(/C=C/C(=O)OC)cc2)cc1. The summed E-state index contributed by atoms with van der Waals surface area (Å²) >= 11 is 0. The standard InChI is InChI=1S/C27H30O7/c1-4-5-6-25(24(29)17-19(2)18-28)33-22-14-10-21(11-15-22)27(31)34-23-12-7-20(8-13-23)9-16-26(30)32-3/h7-16,18,24-25,29H,2,4-6,17H2,1,3H3/b16-9+. The van der Waals surface area contributed by atoms with E-state index in [-0.39, 0.29) is 6.42 Å². The van der Waals surface area contributed by atoms with Gasteiger partial charge in [-0.15, -0.1) is 0 Å². The van der Waals surface area contributed by atoms with Crippen LogP contribution < -0.4 is 9.47 Å². The minimum atomic E-state index is -0.862. The van der Waals surface area contributed by atoms with Gasteiger partial charge in [0.05, 0.1) is 18.8 Å². The Hall–Kier alpha value is -3.71. The van der Waals surface area contributed by atoms with Crippen LogP contribution in [-0.2, 0) is 14.3 Å². The first-order chi connectivity index (χ1) is 16.4. The van der Waals surface area contributed by atoms with Crippen LogP contribution in [0.2, 0.25) is 0 Å². The Morgan fingerprint density at radius 2 is 1.71 bits per heavy atom. The van der Waals surface area contributed by atoms with E-state index < -0.39 is 24.1 Å². The molecule has 34 heavy (non-hydrogen) atoms. The highest BCUT2D eigenvalue weighted by Gasteiger charge is 2.22. The molecule has 0 aromatic heterocycles. The molecular weight excluding hydrogens is 436 g/mol. The zero-order chi connectivity index (χ0) is 24.9. The van der Waals surface area contributed by atoms with Crippen LogP contribution in [0.4, 0.5) is 0 Å². The van der Waals surface area contributed by atoms with E-state index in [1.165, 1.54) is 13.2 Å². The molecule has 2 aromatic carbocycles. The largest absolute Gasteiger partial charge is 0.488 e. The fraction of sp³-hybridized carbons (Fsp3) is 0.296. The second-order valence-corrected chi connectivity index (χ2v) is 7.69. The lowest BCUT2D eigenvalue weighted by Crippen LogP contribution is -2.32. The number of unbranched alkanes of at least 4 members (excludes halogenated alkanes) is 1. The number of hydrogen-bond acceptors (Lipinski definition) is 7. The minimum absolute atomic E-state index is 0.138. The van der Waals surface area contributed by atoms with E-state index >= 15 is 0 Å². The average Bonchev–Trinajstić information content (AvgIpc) is 2.85. The molecule has 180 valence electrons. The van der Waals surface area contributed by atoms with E-state index in [0.29, 0.717) is 35.3 Å². The molecule has 0 saturated heterocycles. The minimum Gasteiger partial charge on any atom is -0.488 e. The van der Waals surface area contributed by atoms with E-state index in [9.17, 15) is 19.5 Å². The number of aldehydes is 1. The summed E-state index contributed by atoms with van der Waals surface area (Å²) in [5.41, 5.74) is 1.40. The molecule has 7 heteroatoms. The fourth-order valence-corrected chi connectivity index (χ4v) is 3.07. The predicted octanol–water partition coefficient (Wildman–Crippen LogP) is 4.54. The quantitative estimate of drug-likeness (QED) is 0.200. The molecule has 0 amide bonds. The number of ether oxygens (including phenoxy) is 3. The molecule has 0 fully saturated rings. The second kappa shape index (κ2) is 13.7. The summed E-state index contributed by atoms with van der Waals surface area (Å²) < 4.78 is 15.9. The maximum absolute atomic E-state index is 12.5. The van der Waals surface area contributed by atoms with Crippen molar-refractivity contribution in [1.29, 1.82) is 0 Å². The Balaban J connectivity index is 1.99. The number of benzene rings is 2. The smallest absolute Gasteiger partial charge is 0.343 e. The van der Waals surface area contributed by atoms with E-state index in [0.717, 1.165) is 18.4 Å². The van der Waals surface area contributed by atoms with Crippen LogP contribution in [0.3, 0.4) is 0 Å². The first kappa shape index (κ1) is 26.5. The predicted molar refractivity (Wildman–Crippen MR) is 129 cm³/mol. The molecule has 0 aliphatic carbocycles. The van der Waals surface area contributed by atoms with Gasteiger partial charge in [0.2, 0.25) is 0 Å². The van der Waals surface area contributed by atoms with E-state index in [4.69, 9.17) is 9.47 Å². The van der Waals surface area contributed by atoms with Crippen LogP contribution in [0.15, 0.2) is 66.8 Å². The Kier molecular flexibility index (Phi) is 10.7. The van der Waals surface area contributed by atoms with Crippen LogP contribution in [0.25, 0.3) is 6.08 Å². The highest BCUT2D eigenvalue weighted by Crippen LogP contribution is 2.21. The van der Waals surface area contributed by atoms with Crippen molar-refractivity contribution in [3.05, 3.63) is 77.9 Å². The number of carbonyl (C=O) groups excluding carboxylic acids is 3. The summed E-state index contributed by atoms with van der Waals surface area (Å²) in [7, 11) is 1.30. The van der Waals surface area contributed by atoms with Crippen LogP contribution in [0.1, 0.15) is 48.5 Å². The number of aliphatic hydroxyl groups is 1. The third-order valence-corrected chi connectivity index (χ3v) is 4.99. The summed E-state index contributed by atoms with van der Waals surface area (Å²) in [5, 5.41) is 10.5. The van der Waals surface area contributed by atoms with Gasteiger partial charge in [-0.1, -0.05) is 32.1 Å². The van der Waals surface area contributed by atoms with Crippen molar-refractivity contribution in [3.63, 3.8) is 0 Å². The molecule has 0 spiro atoms. The molecule has 0 aliphatic rings. The summed E-state index contributed by atoms with van der Waals surface area (Å²) in [5.74, 6) is -0.135. The van der Waals surface area contributed by atoms with Gasteiger partial charge in [-0.25, -0.2) is 9.59 Å². The van der Waals surface area contributed by atoms with Crippen molar-refractivity contribution in [2.24, 2.45) is 0 Å². The van der Waals surface area contributed by atoms with Crippen LogP contribution in [0, 0.1) is 0 Å². The number of rotatable bonds is 13. The maximum Gasteiger partial charge on any atom is 0.343 e. The summed E-state index contributed by atoms with van der Waals surface area (Å²) in [6.07, 6.45) is 4.72. The van der Waals surface area contributed by atoms with Gasteiger partial charge in [0.15, 0.2) is 0 Å². The van der Waals surface area contributed by atoms with E-state index in [1.54, 1.807) is 54.6 Å². The topological polar surface area (TPSA) is 99.1 Å².